The predicted molar refractivity (Wildman–Crippen MR) is 66.2 cm³/mol. The Morgan fingerprint density at radius 3 is 2.58 bits per heavy atom. The first-order valence-corrected chi connectivity index (χ1v) is 5.91. The molecule has 1 amide bonds. The number of hydrogen-bond acceptors (Lipinski definition) is 3. The maximum atomic E-state index is 12.2. The van der Waals surface area contributed by atoms with Crippen LogP contribution in [0, 0.1) is 0 Å². The Kier molecular flexibility index (Phi) is 3.94. The van der Waals surface area contributed by atoms with Crippen molar-refractivity contribution in [3.8, 4) is 0 Å². The summed E-state index contributed by atoms with van der Waals surface area (Å²) in [6.45, 7) is 3.24. The van der Waals surface area contributed by atoms with Gasteiger partial charge in [0.05, 0.1) is 0 Å². The molecule has 0 aromatic heterocycles. The van der Waals surface area contributed by atoms with Crippen LogP contribution in [-0.2, 0) is 4.79 Å². The third-order valence-corrected chi connectivity index (χ3v) is 2.84. The lowest BCUT2D eigenvalue weighted by atomic mass is 10.2. The minimum absolute atomic E-state index is 0.151. The molecule has 1 aliphatic rings. The molecule has 1 heterocycles. The van der Waals surface area contributed by atoms with E-state index in [4.69, 9.17) is 0 Å². The maximum absolute atomic E-state index is 12.2. The van der Waals surface area contributed by atoms with E-state index >= 15 is 0 Å². The van der Waals surface area contributed by atoms with Crippen LogP contribution in [0.25, 0.3) is 0 Å². The monoisotopic (exact) mass is 273 g/mol. The normalized spacial score (nSPS) is 16.3. The molecule has 2 rings (SSSR count). The van der Waals surface area contributed by atoms with Gasteiger partial charge < -0.3 is 15.5 Å². The Morgan fingerprint density at radius 2 is 1.95 bits per heavy atom. The molecule has 1 saturated heterocycles. The van der Waals surface area contributed by atoms with Gasteiger partial charge in [0.25, 0.3) is 0 Å². The first kappa shape index (κ1) is 13.7. The van der Waals surface area contributed by atoms with Gasteiger partial charge in [-0.2, -0.15) is 13.2 Å². The third-order valence-electron chi connectivity index (χ3n) is 2.84. The van der Waals surface area contributed by atoms with Gasteiger partial charge in [0.15, 0.2) is 0 Å². The molecule has 1 aromatic carbocycles. The topological polar surface area (TPSA) is 44.4 Å². The molecule has 1 aromatic rings. The van der Waals surface area contributed by atoms with Crippen LogP contribution < -0.4 is 15.5 Å². The number of piperazine rings is 1. The number of carbonyl (C=O) groups is 1. The smallest absolute Gasteiger partial charge is 0.369 e. The highest BCUT2D eigenvalue weighted by atomic mass is 19.4. The molecule has 19 heavy (non-hydrogen) atoms. The second kappa shape index (κ2) is 5.48. The molecule has 0 bridgehead atoms. The standard InChI is InChI=1S/C12H14F3N3O/c13-12(14,15)11(19)17-9-2-1-3-10(8-9)18-6-4-16-5-7-18/h1-3,8,16H,4-7H2,(H,17,19). The van der Waals surface area contributed by atoms with Crippen molar-refractivity contribution in [3.63, 3.8) is 0 Å². The second-order valence-electron chi connectivity index (χ2n) is 4.24. The zero-order valence-electron chi connectivity index (χ0n) is 10.1. The van der Waals surface area contributed by atoms with Crippen LogP contribution in [-0.4, -0.2) is 38.3 Å². The van der Waals surface area contributed by atoms with E-state index in [1.54, 1.807) is 12.1 Å². The number of benzene rings is 1. The van der Waals surface area contributed by atoms with E-state index in [0.29, 0.717) is 0 Å². The Morgan fingerprint density at radius 1 is 1.26 bits per heavy atom. The van der Waals surface area contributed by atoms with E-state index in [-0.39, 0.29) is 5.69 Å². The van der Waals surface area contributed by atoms with E-state index in [0.717, 1.165) is 31.9 Å². The summed E-state index contributed by atoms with van der Waals surface area (Å²) in [6, 6.07) is 6.43. The van der Waals surface area contributed by atoms with Crippen molar-refractivity contribution in [2.24, 2.45) is 0 Å². The van der Waals surface area contributed by atoms with Crippen LogP contribution in [0.3, 0.4) is 0 Å². The van der Waals surface area contributed by atoms with Crippen LogP contribution in [0.15, 0.2) is 24.3 Å². The number of halogens is 3. The number of carbonyl (C=O) groups excluding carboxylic acids is 1. The lowest BCUT2D eigenvalue weighted by molar-refractivity contribution is -0.167. The van der Waals surface area contributed by atoms with E-state index in [9.17, 15) is 18.0 Å². The third kappa shape index (κ3) is 3.60. The van der Waals surface area contributed by atoms with Crippen molar-refractivity contribution in [1.29, 1.82) is 0 Å². The molecule has 1 aliphatic heterocycles. The minimum Gasteiger partial charge on any atom is -0.369 e. The number of amides is 1. The van der Waals surface area contributed by atoms with Gasteiger partial charge >= 0.3 is 12.1 Å². The van der Waals surface area contributed by atoms with Gasteiger partial charge in [-0.05, 0) is 18.2 Å². The summed E-state index contributed by atoms with van der Waals surface area (Å²) in [5.41, 5.74) is 0.958. The number of anilines is 2. The summed E-state index contributed by atoms with van der Waals surface area (Å²) in [7, 11) is 0. The van der Waals surface area contributed by atoms with Crippen LogP contribution in [0.5, 0.6) is 0 Å². The van der Waals surface area contributed by atoms with Crippen molar-refractivity contribution in [1.82, 2.24) is 5.32 Å². The largest absolute Gasteiger partial charge is 0.471 e. The Bertz CT molecular complexity index is 456. The first-order valence-electron chi connectivity index (χ1n) is 5.91. The van der Waals surface area contributed by atoms with Crippen molar-refractivity contribution in [2.45, 2.75) is 6.18 Å². The fourth-order valence-electron chi connectivity index (χ4n) is 1.91. The number of nitrogens with one attached hydrogen (secondary N) is 2. The van der Waals surface area contributed by atoms with Gasteiger partial charge in [0, 0.05) is 37.6 Å². The SMILES string of the molecule is O=C(Nc1cccc(N2CCNCC2)c1)C(F)(F)F. The molecular weight excluding hydrogens is 259 g/mol. The number of rotatable bonds is 2. The van der Waals surface area contributed by atoms with Crippen LogP contribution in [0.1, 0.15) is 0 Å². The van der Waals surface area contributed by atoms with Gasteiger partial charge in [0.2, 0.25) is 0 Å². The van der Waals surface area contributed by atoms with Gasteiger partial charge in [-0.25, -0.2) is 0 Å². The summed E-state index contributed by atoms with van der Waals surface area (Å²) in [5.74, 6) is -1.95. The second-order valence-corrected chi connectivity index (χ2v) is 4.24. The Balaban J connectivity index is 2.08. The molecule has 7 heteroatoms. The van der Waals surface area contributed by atoms with Crippen molar-refractivity contribution in [3.05, 3.63) is 24.3 Å². The van der Waals surface area contributed by atoms with Crippen LogP contribution >= 0.6 is 0 Å². The summed E-state index contributed by atoms with van der Waals surface area (Å²) in [5, 5.41) is 5.05. The molecule has 2 N–H and O–H groups in total. The lowest BCUT2D eigenvalue weighted by Gasteiger charge is -2.29. The summed E-state index contributed by atoms with van der Waals surface area (Å²) in [4.78, 5) is 12.9. The summed E-state index contributed by atoms with van der Waals surface area (Å²) < 4.78 is 36.5. The molecule has 0 aliphatic carbocycles. The van der Waals surface area contributed by atoms with E-state index in [2.05, 4.69) is 10.2 Å². The first-order chi connectivity index (χ1) is 8.97. The molecule has 1 fully saturated rings. The summed E-state index contributed by atoms with van der Waals surface area (Å²) in [6.07, 6.45) is -4.87. The van der Waals surface area contributed by atoms with Gasteiger partial charge in [-0.1, -0.05) is 6.07 Å². The summed E-state index contributed by atoms with van der Waals surface area (Å²) >= 11 is 0. The zero-order valence-corrected chi connectivity index (χ0v) is 10.1. The molecule has 0 unspecified atom stereocenters. The fraction of sp³-hybridized carbons (Fsp3) is 0.417. The molecule has 4 nitrogen and oxygen atoms in total. The molecule has 0 saturated carbocycles. The van der Waals surface area contributed by atoms with Crippen molar-refractivity contribution >= 4 is 17.3 Å². The average molecular weight is 273 g/mol. The minimum atomic E-state index is -4.87. The van der Waals surface area contributed by atoms with E-state index in [1.807, 2.05) is 11.4 Å². The molecule has 0 spiro atoms. The highest BCUT2D eigenvalue weighted by Gasteiger charge is 2.38. The van der Waals surface area contributed by atoms with Crippen molar-refractivity contribution < 1.29 is 18.0 Å². The van der Waals surface area contributed by atoms with Crippen molar-refractivity contribution in [2.75, 3.05) is 36.4 Å². The lowest BCUT2D eigenvalue weighted by Crippen LogP contribution is -2.43. The fourth-order valence-corrected chi connectivity index (χ4v) is 1.91. The van der Waals surface area contributed by atoms with Crippen LogP contribution in [0.4, 0.5) is 24.5 Å². The van der Waals surface area contributed by atoms with Gasteiger partial charge in [-0.3, -0.25) is 4.79 Å². The highest BCUT2D eigenvalue weighted by molar-refractivity contribution is 5.95. The predicted octanol–water partition coefficient (Wildman–Crippen LogP) is 1.60. The zero-order chi connectivity index (χ0) is 13.9. The molecular formula is C12H14F3N3O. The quantitative estimate of drug-likeness (QED) is 0.860. The number of nitrogens with zero attached hydrogens (tertiary/aromatic N) is 1. The van der Waals surface area contributed by atoms with Crippen LogP contribution in [0.2, 0.25) is 0 Å². The highest BCUT2D eigenvalue weighted by Crippen LogP contribution is 2.22. The average Bonchev–Trinajstić information content (AvgIpc) is 2.39. The van der Waals surface area contributed by atoms with E-state index < -0.39 is 12.1 Å². The molecule has 104 valence electrons. The van der Waals surface area contributed by atoms with Gasteiger partial charge in [-0.15, -0.1) is 0 Å². The molecule has 0 radical (unpaired) electrons. The Hall–Kier alpha value is -1.76. The number of hydrogen-bond donors (Lipinski definition) is 2. The van der Waals surface area contributed by atoms with Gasteiger partial charge in [0.1, 0.15) is 0 Å². The number of alkyl halides is 3. The molecule has 0 atom stereocenters. The maximum Gasteiger partial charge on any atom is 0.471 e. The Labute approximate surface area is 108 Å². The van der Waals surface area contributed by atoms with E-state index in [1.165, 1.54) is 6.07 Å².